The molecule has 0 aliphatic carbocycles. The van der Waals surface area contributed by atoms with Crippen LogP contribution in [0.2, 0.25) is 0 Å². The van der Waals surface area contributed by atoms with Crippen molar-refractivity contribution in [3.8, 4) is 0 Å². The first-order valence-corrected chi connectivity index (χ1v) is 5.77. The Bertz CT molecular complexity index is 380. The van der Waals surface area contributed by atoms with E-state index < -0.39 is 0 Å². The first-order chi connectivity index (χ1) is 6.49. The second-order valence-corrected chi connectivity index (χ2v) is 4.23. The van der Waals surface area contributed by atoms with Crippen molar-refractivity contribution in [1.82, 2.24) is 0 Å². The number of hydrogen-bond donors (Lipinski definition) is 0. The smallest absolute Gasteiger partial charge is 0.173 e. The van der Waals surface area contributed by atoms with Crippen LogP contribution in [0.25, 0.3) is 0 Å². The number of carbonyl (C=O) groups excluding carboxylic acids is 1. The summed E-state index contributed by atoms with van der Waals surface area (Å²) in [5.74, 6) is 0.161. The Morgan fingerprint density at radius 2 is 1.71 bits per heavy atom. The molecule has 0 N–H and O–H groups in total. The molecule has 1 aromatic carbocycles. The minimum absolute atomic E-state index is 0.161. The summed E-state index contributed by atoms with van der Waals surface area (Å²) in [5.41, 5.74) is 5.67. The van der Waals surface area contributed by atoms with E-state index in [9.17, 15) is 4.79 Å². The van der Waals surface area contributed by atoms with Gasteiger partial charge >= 0.3 is 0 Å². The molecular formula is C12H15BrO. The highest BCUT2D eigenvalue weighted by Crippen LogP contribution is 2.21. The molecule has 0 aliphatic rings. The number of alkyl halides is 1. The number of benzene rings is 1. The molecule has 0 unspecified atom stereocenters. The molecule has 1 nitrogen and oxygen atoms in total. The normalized spacial score (nSPS) is 10.4. The van der Waals surface area contributed by atoms with E-state index in [2.05, 4.69) is 29.8 Å². The summed E-state index contributed by atoms with van der Waals surface area (Å²) in [5, 5.41) is 0.399. The Labute approximate surface area is 93.7 Å². The van der Waals surface area contributed by atoms with E-state index in [0.717, 1.165) is 11.1 Å². The Balaban J connectivity index is 3.40. The van der Waals surface area contributed by atoms with E-state index >= 15 is 0 Å². The van der Waals surface area contributed by atoms with E-state index in [1.807, 2.05) is 19.9 Å². The predicted octanol–water partition coefficient (Wildman–Crippen LogP) is 3.50. The summed E-state index contributed by atoms with van der Waals surface area (Å²) in [7, 11) is 0. The average Bonchev–Trinajstić information content (AvgIpc) is 2.19. The zero-order valence-corrected chi connectivity index (χ0v) is 10.7. The number of rotatable bonds is 2. The van der Waals surface area contributed by atoms with Crippen LogP contribution < -0.4 is 0 Å². The van der Waals surface area contributed by atoms with Gasteiger partial charge in [-0.3, -0.25) is 4.79 Å². The largest absolute Gasteiger partial charge is 0.293 e. The van der Waals surface area contributed by atoms with Crippen molar-refractivity contribution < 1.29 is 4.79 Å². The number of Topliss-reactive ketones (excluding diaryl/α,β-unsaturated/α-hetero) is 1. The third kappa shape index (κ3) is 1.90. The average molecular weight is 255 g/mol. The number of aryl methyl sites for hydroxylation is 1. The van der Waals surface area contributed by atoms with Crippen molar-refractivity contribution in [3.63, 3.8) is 0 Å². The van der Waals surface area contributed by atoms with Gasteiger partial charge in [0.15, 0.2) is 5.78 Å². The SMILES string of the molecule is Cc1cc(C(=O)CBr)c(C)c(C)c1C. The fourth-order valence-electron chi connectivity index (χ4n) is 1.57. The van der Waals surface area contributed by atoms with Crippen LogP contribution in [-0.2, 0) is 0 Å². The highest BCUT2D eigenvalue weighted by molar-refractivity contribution is 9.09. The molecule has 0 atom stereocenters. The molecule has 0 amide bonds. The van der Waals surface area contributed by atoms with Crippen LogP contribution in [0.3, 0.4) is 0 Å². The van der Waals surface area contributed by atoms with Gasteiger partial charge in [-0.2, -0.15) is 0 Å². The van der Waals surface area contributed by atoms with Crippen LogP contribution >= 0.6 is 15.9 Å². The summed E-state index contributed by atoms with van der Waals surface area (Å²) < 4.78 is 0. The van der Waals surface area contributed by atoms with Crippen LogP contribution in [0.5, 0.6) is 0 Å². The van der Waals surface area contributed by atoms with Gasteiger partial charge in [-0.25, -0.2) is 0 Å². The first kappa shape index (κ1) is 11.4. The second kappa shape index (κ2) is 4.26. The van der Waals surface area contributed by atoms with E-state index in [0.29, 0.717) is 5.33 Å². The minimum Gasteiger partial charge on any atom is -0.293 e. The highest BCUT2D eigenvalue weighted by atomic mass is 79.9. The number of carbonyl (C=O) groups is 1. The maximum absolute atomic E-state index is 11.6. The molecule has 0 radical (unpaired) electrons. The van der Waals surface area contributed by atoms with E-state index in [-0.39, 0.29) is 5.78 Å². The van der Waals surface area contributed by atoms with Crippen molar-refractivity contribution in [2.75, 3.05) is 5.33 Å². The fourth-order valence-corrected chi connectivity index (χ4v) is 1.88. The molecule has 76 valence electrons. The van der Waals surface area contributed by atoms with Gasteiger partial charge in [0.2, 0.25) is 0 Å². The maximum atomic E-state index is 11.6. The zero-order chi connectivity index (χ0) is 10.9. The topological polar surface area (TPSA) is 17.1 Å². The molecule has 0 bridgehead atoms. The number of ketones is 1. The Morgan fingerprint density at radius 1 is 1.14 bits per heavy atom. The highest BCUT2D eigenvalue weighted by Gasteiger charge is 2.12. The fraction of sp³-hybridized carbons (Fsp3) is 0.417. The molecule has 0 spiro atoms. The van der Waals surface area contributed by atoms with E-state index in [1.165, 1.54) is 16.7 Å². The van der Waals surface area contributed by atoms with Crippen molar-refractivity contribution in [2.45, 2.75) is 27.7 Å². The molecule has 1 rings (SSSR count). The lowest BCUT2D eigenvalue weighted by molar-refractivity contribution is 0.102. The molecule has 2 heteroatoms. The summed E-state index contributed by atoms with van der Waals surface area (Å²) in [6, 6.07) is 1.99. The first-order valence-electron chi connectivity index (χ1n) is 4.65. The van der Waals surface area contributed by atoms with Crippen molar-refractivity contribution in [2.24, 2.45) is 0 Å². The van der Waals surface area contributed by atoms with Crippen molar-refractivity contribution in [1.29, 1.82) is 0 Å². The Morgan fingerprint density at radius 3 is 2.21 bits per heavy atom. The molecule has 0 heterocycles. The van der Waals surface area contributed by atoms with Gasteiger partial charge in [0.1, 0.15) is 0 Å². The molecule has 1 aromatic rings. The molecule has 0 saturated heterocycles. The van der Waals surface area contributed by atoms with Gasteiger partial charge in [-0.1, -0.05) is 15.9 Å². The van der Waals surface area contributed by atoms with Crippen molar-refractivity contribution >= 4 is 21.7 Å². The molecular weight excluding hydrogens is 240 g/mol. The lowest BCUT2D eigenvalue weighted by Gasteiger charge is -2.12. The van der Waals surface area contributed by atoms with Crippen LogP contribution in [0, 0.1) is 27.7 Å². The van der Waals surface area contributed by atoms with E-state index in [1.54, 1.807) is 0 Å². The quantitative estimate of drug-likeness (QED) is 0.584. The van der Waals surface area contributed by atoms with Gasteiger partial charge in [0.05, 0.1) is 5.33 Å². The monoisotopic (exact) mass is 254 g/mol. The molecule has 0 fully saturated rings. The molecule has 0 aliphatic heterocycles. The second-order valence-electron chi connectivity index (χ2n) is 3.67. The summed E-state index contributed by atoms with van der Waals surface area (Å²) >= 11 is 3.20. The number of hydrogen-bond acceptors (Lipinski definition) is 1. The number of halogens is 1. The maximum Gasteiger partial charge on any atom is 0.173 e. The summed E-state index contributed by atoms with van der Waals surface area (Å²) in [6.45, 7) is 8.23. The molecule has 0 saturated carbocycles. The van der Waals surface area contributed by atoms with Gasteiger partial charge in [-0.15, -0.1) is 0 Å². The lowest BCUT2D eigenvalue weighted by atomic mass is 9.93. The predicted molar refractivity (Wildman–Crippen MR) is 63.5 cm³/mol. The Hall–Kier alpha value is -0.630. The van der Waals surface area contributed by atoms with Crippen molar-refractivity contribution in [3.05, 3.63) is 33.9 Å². The summed E-state index contributed by atoms with van der Waals surface area (Å²) in [4.78, 5) is 11.6. The van der Waals surface area contributed by atoms with Crippen LogP contribution in [0.1, 0.15) is 32.6 Å². The minimum atomic E-state index is 0.161. The van der Waals surface area contributed by atoms with Gasteiger partial charge in [0, 0.05) is 5.56 Å². The van der Waals surface area contributed by atoms with Gasteiger partial charge in [-0.05, 0) is 56.0 Å². The van der Waals surface area contributed by atoms with E-state index in [4.69, 9.17) is 0 Å². The Kier molecular flexibility index (Phi) is 3.48. The van der Waals surface area contributed by atoms with Crippen LogP contribution in [0.4, 0.5) is 0 Å². The summed E-state index contributed by atoms with van der Waals surface area (Å²) in [6.07, 6.45) is 0. The lowest BCUT2D eigenvalue weighted by Crippen LogP contribution is -2.06. The molecule has 0 aromatic heterocycles. The third-order valence-electron chi connectivity index (χ3n) is 2.90. The zero-order valence-electron chi connectivity index (χ0n) is 9.07. The van der Waals surface area contributed by atoms with Crippen LogP contribution in [-0.4, -0.2) is 11.1 Å². The third-order valence-corrected chi connectivity index (χ3v) is 3.41. The van der Waals surface area contributed by atoms with Gasteiger partial charge < -0.3 is 0 Å². The van der Waals surface area contributed by atoms with Gasteiger partial charge in [0.25, 0.3) is 0 Å². The van der Waals surface area contributed by atoms with Crippen LogP contribution in [0.15, 0.2) is 6.07 Å². The standard InChI is InChI=1S/C12H15BrO/c1-7-5-11(12(14)6-13)10(4)9(3)8(7)2/h5H,6H2,1-4H3. The molecule has 14 heavy (non-hydrogen) atoms.